The van der Waals surface area contributed by atoms with Gasteiger partial charge in [-0.25, -0.2) is 13.2 Å². The van der Waals surface area contributed by atoms with Crippen LogP contribution in [0.3, 0.4) is 0 Å². The normalized spacial score (nSPS) is 12.0. The molecule has 3 rings (SSSR count). The minimum atomic E-state index is -4.68. The van der Waals surface area contributed by atoms with E-state index in [4.69, 9.17) is 15.6 Å². The highest BCUT2D eigenvalue weighted by Gasteiger charge is 2.32. The third kappa shape index (κ3) is 5.86. The largest absolute Gasteiger partial charge is 0.481 e. The van der Waals surface area contributed by atoms with Crippen molar-refractivity contribution < 1.29 is 36.2 Å². The second-order valence-electron chi connectivity index (χ2n) is 7.43. The van der Waals surface area contributed by atoms with Crippen LogP contribution in [0.15, 0.2) is 71.6 Å². The van der Waals surface area contributed by atoms with Gasteiger partial charge in [0.2, 0.25) is 10.0 Å². The second-order valence-corrected chi connectivity index (χ2v) is 9.47. The fourth-order valence-corrected chi connectivity index (χ4v) is 4.43. The standard InChI is InChI=1S/C23H21F3N2O5S/c1-28(34(31,32)19-7-3-5-17(12-19)23(24,25)26)13-15-8-9-21(33-14-22(29)30)20(10-15)16-4-2-6-18(27)11-16/h2-12H,13-14,27H2,1H3,(H,29,30). The van der Waals surface area contributed by atoms with Crippen LogP contribution >= 0.6 is 0 Å². The van der Waals surface area contributed by atoms with Crippen LogP contribution in [0, 0.1) is 0 Å². The smallest absolute Gasteiger partial charge is 0.416 e. The SMILES string of the molecule is CN(Cc1ccc(OCC(=O)O)c(-c2cccc(N)c2)c1)S(=O)(=O)c1cccc(C(F)(F)F)c1. The number of nitrogen functional groups attached to an aromatic ring is 1. The van der Waals surface area contributed by atoms with Gasteiger partial charge in [0.05, 0.1) is 10.5 Å². The van der Waals surface area contributed by atoms with Gasteiger partial charge in [-0.3, -0.25) is 0 Å². The van der Waals surface area contributed by atoms with Gasteiger partial charge in [-0.1, -0.05) is 24.3 Å². The van der Waals surface area contributed by atoms with E-state index in [2.05, 4.69) is 0 Å². The lowest BCUT2D eigenvalue weighted by molar-refractivity contribution is -0.139. The van der Waals surface area contributed by atoms with Gasteiger partial charge in [0.1, 0.15) is 5.75 Å². The van der Waals surface area contributed by atoms with Crippen LogP contribution in [0.2, 0.25) is 0 Å². The van der Waals surface area contributed by atoms with E-state index in [1.54, 1.807) is 36.4 Å². The molecule has 0 aromatic heterocycles. The third-order valence-corrected chi connectivity index (χ3v) is 6.67. The van der Waals surface area contributed by atoms with Crippen molar-refractivity contribution in [3.8, 4) is 16.9 Å². The van der Waals surface area contributed by atoms with Gasteiger partial charge in [-0.15, -0.1) is 0 Å². The quantitative estimate of drug-likeness (QED) is 0.454. The van der Waals surface area contributed by atoms with E-state index in [0.717, 1.165) is 22.5 Å². The second kappa shape index (κ2) is 9.74. The van der Waals surface area contributed by atoms with E-state index in [1.807, 2.05) is 0 Å². The van der Waals surface area contributed by atoms with Crippen LogP contribution in [0.5, 0.6) is 5.75 Å². The number of anilines is 1. The van der Waals surface area contributed by atoms with Crippen molar-refractivity contribution in [2.75, 3.05) is 19.4 Å². The summed E-state index contributed by atoms with van der Waals surface area (Å²) in [6, 6.07) is 14.9. The Morgan fingerprint density at radius 3 is 2.41 bits per heavy atom. The zero-order chi connectivity index (χ0) is 25.1. The summed E-state index contributed by atoms with van der Waals surface area (Å²) >= 11 is 0. The van der Waals surface area contributed by atoms with E-state index >= 15 is 0 Å². The molecule has 0 unspecified atom stereocenters. The summed E-state index contributed by atoms with van der Waals surface area (Å²) < 4.78 is 71.2. The molecule has 0 saturated carbocycles. The van der Waals surface area contributed by atoms with Gasteiger partial charge >= 0.3 is 12.1 Å². The molecule has 0 spiro atoms. The number of nitrogens with zero attached hydrogens (tertiary/aromatic N) is 1. The van der Waals surface area contributed by atoms with Gasteiger partial charge < -0.3 is 15.6 Å². The van der Waals surface area contributed by atoms with Crippen LogP contribution in [0.1, 0.15) is 11.1 Å². The molecule has 0 aliphatic carbocycles. The topological polar surface area (TPSA) is 110 Å². The lowest BCUT2D eigenvalue weighted by Crippen LogP contribution is -2.26. The van der Waals surface area contributed by atoms with Crippen molar-refractivity contribution in [3.05, 3.63) is 77.9 Å². The molecule has 0 radical (unpaired) electrons. The van der Waals surface area contributed by atoms with E-state index in [9.17, 15) is 26.4 Å². The molecule has 7 nitrogen and oxygen atoms in total. The molecule has 0 aliphatic heterocycles. The minimum absolute atomic E-state index is 0.160. The highest BCUT2D eigenvalue weighted by atomic mass is 32.2. The maximum Gasteiger partial charge on any atom is 0.416 e. The van der Waals surface area contributed by atoms with E-state index in [0.29, 0.717) is 28.4 Å². The molecule has 0 fully saturated rings. The number of hydrogen-bond acceptors (Lipinski definition) is 5. The lowest BCUT2D eigenvalue weighted by atomic mass is 10.0. The van der Waals surface area contributed by atoms with Gasteiger partial charge in [-0.2, -0.15) is 17.5 Å². The Hall–Kier alpha value is -3.57. The molecule has 0 aliphatic rings. The molecule has 3 aromatic rings. The van der Waals surface area contributed by atoms with Crippen LogP contribution in [-0.2, 0) is 27.5 Å². The Morgan fingerprint density at radius 2 is 1.76 bits per heavy atom. The summed E-state index contributed by atoms with van der Waals surface area (Å²) in [7, 11) is -2.98. The molecule has 0 heterocycles. The van der Waals surface area contributed by atoms with Crippen molar-refractivity contribution in [2.45, 2.75) is 17.6 Å². The number of carboxylic acids is 1. The Kier molecular flexibility index (Phi) is 7.18. The molecule has 0 saturated heterocycles. The highest BCUT2D eigenvalue weighted by molar-refractivity contribution is 7.89. The monoisotopic (exact) mass is 494 g/mol. The number of rotatable bonds is 8. The van der Waals surface area contributed by atoms with Crippen molar-refractivity contribution in [2.24, 2.45) is 0 Å². The fourth-order valence-electron chi connectivity index (χ4n) is 3.23. The molecular formula is C23H21F3N2O5S. The average molecular weight is 494 g/mol. The number of benzene rings is 3. The number of alkyl halides is 3. The number of hydrogen-bond donors (Lipinski definition) is 2. The summed E-state index contributed by atoms with van der Waals surface area (Å²) in [5, 5.41) is 8.93. The number of halogens is 3. The predicted octanol–water partition coefficient (Wildman–Crippen LogP) is 4.24. The van der Waals surface area contributed by atoms with Gasteiger partial charge in [0.25, 0.3) is 0 Å². The molecule has 3 aromatic carbocycles. The minimum Gasteiger partial charge on any atom is -0.481 e. The van der Waals surface area contributed by atoms with E-state index < -0.39 is 39.2 Å². The maximum atomic E-state index is 13.0. The Labute approximate surface area is 194 Å². The lowest BCUT2D eigenvalue weighted by Gasteiger charge is -2.19. The number of ether oxygens (including phenoxy) is 1. The maximum absolute atomic E-state index is 13.0. The molecule has 180 valence electrons. The van der Waals surface area contributed by atoms with E-state index in [1.165, 1.54) is 13.1 Å². The Bertz CT molecular complexity index is 1310. The average Bonchev–Trinajstić information content (AvgIpc) is 2.77. The highest BCUT2D eigenvalue weighted by Crippen LogP contribution is 2.34. The van der Waals surface area contributed by atoms with Crippen LogP contribution in [0.4, 0.5) is 18.9 Å². The van der Waals surface area contributed by atoms with Gasteiger partial charge in [0, 0.05) is 24.8 Å². The van der Waals surface area contributed by atoms with Crippen LogP contribution in [0.25, 0.3) is 11.1 Å². The zero-order valence-electron chi connectivity index (χ0n) is 17.9. The van der Waals surface area contributed by atoms with Crippen molar-refractivity contribution in [3.63, 3.8) is 0 Å². The fraction of sp³-hybridized carbons (Fsp3) is 0.174. The molecular weight excluding hydrogens is 473 g/mol. The summed E-state index contributed by atoms with van der Waals surface area (Å²) in [5.41, 5.74) is 6.84. The first-order valence-electron chi connectivity index (χ1n) is 9.85. The summed E-state index contributed by atoms with van der Waals surface area (Å²) in [4.78, 5) is 10.4. The third-order valence-electron chi connectivity index (χ3n) is 4.87. The molecule has 0 bridgehead atoms. The number of aliphatic carboxylic acids is 1. The summed E-state index contributed by atoms with van der Waals surface area (Å²) in [6.45, 7) is -0.744. The summed E-state index contributed by atoms with van der Waals surface area (Å²) in [6.07, 6.45) is -4.68. The summed E-state index contributed by atoms with van der Waals surface area (Å²) in [5.74, 6) is -0.922. The number of carbonyl (C=O) groups is 1. The molecule has 0 atom stereocenters. The first-order valence-corrected chi connectivity index (χ1v) is 11.3. The van der Waals surface area contributed by atoms with Gasteiger partial charge in [-0.05, 0) is 53.6 Å². The van der Waals surface area contributed by atoms with Crippen molar-refractivity contribution >= 4 is 21.7 Å². The van der Waals surface area contributed by atoms with Crippen molar-refractivity contribution in [1.82, 2.24) is 4.31 Å². The number of carboxylic acid groups (broad SMARTS) is 1. The van der Waals surface area contributed by atoms with Crippen molar-refractivity contribution in [1.29, 1.82) is 0 Å². The molecule has 34 heavy (non-hydrogen) atoms. The van der Waals surface area contributed by atoms with Gasteiger partial charge in [0.15, 0.2) is 6.61 Å². The molecule has 0 amide bonds. The Balaban J connectivity index is 1.94. The molecule has 3 N–H and O–H groups in total. The number of nitrogens with two attached hydrogens (primary N) is 1. The predicted molar refractivity (Wildman–Crippen MR) is 120 cm³/mol. The first-order chi connectivity index (χ1) is 15.9. The van der Waals surface area contributed by atoms with Crippen LogP contribution < -0.4 is 10.5 Å². The molecule has 11 heteroatoms. The van der Waals surface area contributed by atoms with E-state index in [-0.39, 0.29) is 12.3 Å². The zero-order valence-corrected chi connectivity index (χ0v) is 18.7. The van der Waals surface area contributed by atoms with Crippen LogP contribution in [-0.4, -0.2) is 37.5 Å². The Morgan fingerprint density at radius 1 is 1.06 bits per heavy atom. The number of sulfonamides is 1. The first kappa shape index (κ1) is 25.1.